The van der Waals surface area contributed by atoms with Gasteiger partial charge in [0.25, 0.3) is 5.91 Å². The number of methoxy groups -OCH3 is 1. The van der Waals surface area contributed by atoms with Crippen molar-refractivity contribution in [3.63, 3.8) is 0 Å². The van der Waals surface area contributed by atoms with Crippen LogP contribution in [0.2, 0.25) is 0 Å². The maximum atomic E-state index is 12.3. The van der Waals surface area contributed by atoms with Crippen LogP contribution >= 0.6 is 22.7 Å². The van der Waals surface area contributed by atoms with Crippen LogP contribution in [-0.4, -0.2) is 29.1 Å². The Morgan fingerprint density at radius 2 is 2.15 bits per heavy atom. The highest BCUT2D eigenvalue weighted by Gasteiger charge is 2.09. The first-order chi connectivity index (χ1) is 13.0. The number of aryl methyl sites for hydroxylation is 1. The van der Waals surface area contributed by atoms with E-state index in [4.69, 9.17) is 4.74 Å². The maximum Gasteiger partial charge on any atom is 0.324 e. The molecule has 0 radical (unpaired) electrons. The number of aromatic nitrogens is 1. The number of rotatable bonds is 6. The maximum absolute atomic E-state index is 12.3. The molecule has 2 heterocycles. The number of nitro groups is 1. The number of ether oxygens (including phenoxy) is 1. The summed E-state index contributed by atoms with van der Waals surface area (Å²) >= 11 is 2.46. The van der Waals surface area contributed by atoms with Crippen LogP contribution in [0.5, 0.6) is 0 Å². The molecular weight excluding hydrogens is 386 g/mol. The minimum atomic E-state index is -0.452. The van der Waals surface area contributed by atoms with E-state index in [2.05, 4.69) is 11.1 Å². The Bertz CT molecular complexity index is 1090. The summed E-state index contributed by atoms with van der Waals surface area (Å²) in [5, 5.41) is 10.8. The van der Waals surface area contributed by atoms with Crippen molar-refractivity contribution in [1.29, 1.82) is 0 Å². The summed E-state index contributed by atoms with van der Waals surface area (Å²) in [7, 11) is 1.63. The standard InChI is InChI=1S/C18H17N3O4S2/c1-12-3-6-14-15(11-12)27-18(20(14)9-10-25-2)19-16(22)7-4-13-5-8-17(26-13)21(23)24/h3-8,11H,9-10H2,1-2H3/b7-4-,19-18?. The van der Waals surface area contributed by atoms with Crippen LogP contribution in [0.15, 0.2) is 41.4 Å². The van der Waals surface area contributed by atoms with Crippen LogP contribution in [0, 0.1) is 17.0 Å². The average Bonchev–Trinajstić information content (AvgIpc) is 3.22. The van der Waals surface area contributed by atoms with Crippen molar-refractivity contribution in [3.05, 3.63) is 61.8 Å². The third kappa shape index (κ3) is 4.57. The first-order valence-corrected chi connectivity index (χ1v) is 9.71. The lowest BCUT2D eigenvalue weighted by Crippen LogP contribution is -2.18. The molecule has 7 nitrogen and oxygen atoms in total. The van der Waals surface area contributed by atoms with Crippen molar-refractivity contribution in [3.8, 4) is 0 Å². The van der Waals surface area contributed by atoms with E-state index in [1.54, 1.807) is 19.3 Å². The van der Waals surface area contributed by atoms with Crippen molar-refractivity contribution in [2.75, 3.05) is 13.7 Å². The number of thiophene rings is 1. The van der Waals surface area contributed by atoms with Crippen molar-refractivity contribution in [2.45, 2.75) is 13.5 Å². The van der Waals surface area contributed by atoms with Crippen LogP contribution in [0.1, 0.15) is 10.4 Å². The van der Waals surface area contributed by atoms with Gasteiger partial charge >= 0.3 is 5.00 Å². The zero-order valence-electron chi connectivity index (χ0n) is 14.7. The third-order valence-corrected chi connectivity index (χ3v) is 5.79. The Hall–Kier alpha value is -2.62. The molecule has 0 fully saturated rings. The lowest BCUT2D eigenvalue weighted by molar-refractivity contribution is -0.380. The Kier molecular flexibility index (Phi) is 5.94. The van der Waals surface area contributed by atoms with Crippen LogP contribution < -0.4 is 4.80 Å². The molecular formula is C18H17N3O4S2. The van der Waals surface area contributed by atoms with Crippen LogP contribution in [-0.2, 0) is 16.1 Å². The van der Waals surface area contributed by atoms with E-state index in [1.807, 2.05) is 23.6 Å². The molecule has 0 saturated carbocycles. The van der Waals surface area contributed by atoms with Crippen molar-refractivity contribution < 1.29 is 14.5 Å². The van der Waals surface area contributed by atoms with Gasteiger partial charge in [-0.25, -0.2) is 0 Å². The molecule has 0 unspecified atom stereocenters. The van der Waals surface area contributed by atoms with E-state index in [-0.39, 0.29) is 5.00 Å². The molecule has 140 valence electrons. The normalized spacial score (nSPS) is 12.3. The zero-order chi connectivity index (χ0) is 19.4. The molecule has 0 bridgehead atoms. The van der Waals surface area contributed by atoms with E-state index in [0.717, 1.165) is 27.1 Å². The third-order valence-electron chi connectivity index (χ3n) is 3.75. The number of thiazole rings is 1. The molecule has 0 aliphatic carbocycles. The molecule has 0 aliphatic rings. The summed E-state index contributed by atoms with van der Waals surface area (Å²) in [6, 6.07) is 9.12. The number of amides is 1. The molecule has 1 aromatic carbocycles. The summed E-state index contributed by atoms with van der Waals surface area (Å²) in [5.74, 6) is -0.416. The number of carbonyl (C=O) groups excluding carboxylic acids is 1. The number of hydrogen-bond acceptors (Lipinski definition) is 6. The van der Waals surface area contributed by atoms with Gasteiger partial charge in [0.15, 0.2) is 4.80 Å². The number of hydrogen-bond donors (Lipinski definition) is 0. The molecule has 0 N–H and O–H groups in total. The van der Waals surface area contributed by atoms with Gasteiger partial charge in [-0.2, -0.15) is 4.99 Å². The smallest absolute Gasteiger partial charge is 0.324 e. The Morgan fingerprint density at radius 1 is 1.33 bits per heavy atom. The van der Waals surface area contributed by atoms with Gasteiger partial charge in [-0.3, -0.25) is 14.9 Å². The summed E-state index contributed by atoms with van der Waals surface area (Å²) in [4.78, 5) is 28.0. The zero-order valence-corrected chi connectivity index (χ0v) is 16.4. The van der Waals surface area contributed by atoms with E-state index >= 15 is 0 Å². The predicted octanol–water partition coefficient (Wildman–Crippen LogP) is 3.77. The van der Waals surface area contributed by atoms with Gasteiger partial charge < -0.3 is 9.30 Å². The first-order valence-electron chi connectivity index (χ1n) is 8.08. The van der Waals surface area contributed by atoms with E-state index in [1.165, 1.54) is 23.5 Å². The Labute approximate surface area is 163 Å². The fourth-order valence-electron chi connectivity index (χ4n) is 2.48. The van der Waals surface area contributed by atoms with E-state index in [0.29, 0.717) is 22.8 Å². The summed E-state index contributed by atoms with van der Waals surface area (Å²) in [6.45, 7) is 3.12. The molecule has 27 heavy (non-hydrogen) atoms. The van der Waals surface area contributed by atoms with Crippen molar-refractivity contribution in [2.24, 2.45) is 4.99 Å². The number of nitrogens with zero attached hydrogens (tertiary/aromatic N) is 3. The number of fused-ring (bicyclic) bond motifs is 1. The fourth-order valence-corrected chi connectivity index (χ4v) is 4.36. The lowest BCUT2D eigenvalue weighted by Gasteiger charge is -2.04. The monoisotopic (exact) mass is 403 g/mol. The molecule has 0 aliphatic heterocycles. The van der Waals surface area contributed by atoms with Gasteiger partial charge in [0.05, 0.1) is 21.7 Å². The molecule has 9 heteroatoms. The molecule has 0 atom stereocenters. The second-order valence-electron chi connectivity index (χ2n) is 5.72. The molecule has 0 saturated heterocycles. The van der Waals surface area contributed by atoms with Crippen LogP contribution in [0.4, 0.5) is 5.00 Å². The van der Waals surface area contributed by atoms with Gasteiger partial charge in [0, 0.05) is 30.7 Å². The minimum Gasteiger partial charge on any atom is -0.383 e. The highest BCUT2D eigenvalue weighted by molar-refractivity contribution is 7.16. The second kappa shape index (κ2) is 8.38. The number of carbonyl (C=O) groups is 1. The number of benzene rings is 1. The topological polar surface area (TPSA) is 86.7 Å². The van der Waals surface area contributed by atoms with Gasteiger partial charge in [-0.05, 0) is 36.8 Å². The molecule has 3 rings (SSSR count). The fraction of sp³-hybridized carbons (Fsp3) is 0.222. The highest BCUT2D eigenvalue weighted by Crippen LogP contribution is 2.24. The largest absolute Gasteiger partial charge is 0.383 e. The first kappa shape index (κ1) is 19.2. The van der Waals surface area contributed by atoms with Gasteiger partial charge in [-0.15, -0.1) is 0 Å². The SMILES string of the molecule is COCCn1c(=NC(=O)/C=C\c2ccc([N+](=O)[O-])s2)sc2cc(C)ccc21. The summed E-state index contributed by atoms with van der Waals surface area (Å²) in [6.07, 6.45) is 2.87. The van der Waals surface area contributed by atoms with Crippen molar-refractivity contribution >= 4 is 49.9 Å². The van der Waals surface area contributed by atoms with Gasteiger partial charge in [0.2, 0.25) is 0 Å². The predicted molar refractivity (Wildman–Crippen MR) is 107 cm³/mol. The molecule has 2 aromatic heterocycles. The summed E-state index contributed by atoms with van der Waals surface area (Å²) in [5.41, 5.74) is 2.15. The summed E-state index contributed by atoms with van der Waals surface area (Å²) < 4.78 is 8.18. The average molecular weight is 403 g/mol. The van der Waals surface area contributed by atoms with Crippen molar-refractivity contribution in [1.82, 2.24) is 4.57 Å². The molecule has 3 aromatic rings. The van der Waals surface area contributed by atoms with Crippen LogP contribution in [0.3, 0.4) is 0 Å². The van der Waals surface area contributed by atoms with E-state index in [9.17, 15) is 14.9 Å². The molecule has 1 amide bonds. The second-order valence-corrected chi connectivity index (χ2v) is 7.82. The van der Waals surface area contributed by atoms with E-state index < -0.39 is 10.8 Å². The molecule has 0 spiro atoms. The van der Waals surface area contributed by atoms with Crippen LogP contribution in [0.25, 0.3) is 16.3 Å². The highest BCUT2D eigenvalue weighted by atomic mass is 32.1. The van der Waals surface area contributed by atoms with Gasteiger partial charge in [-0.1, -0.05) is 28.7 Å². The Morgan fingerprint density at radius 3 is 2.85 bits per heavy atom. The lowest BCUT2D eigenvalue weighted by atomic mass is 10.2. The quantitative estimate of drug-likeness (QED) is 0.356. The van der Waals surface area contributed by atoms with Gasteiger partial charge in [0.1, 0.15) is 0 Å². The Balaban J connectivity index is 1.92. The minimum absolute atomic E-state index is 0.0383.